The summed E-state index contributed by atoms with van der Waals surface area (Å²) in [6.07, 6.45) is 0.489. The Morgan fingerprint density at radius 3 is 2.18 bits per heavy atom. The lowest BCUT2D eigenvalue weighted by atomic mass is 9.69. The molecule has 0 aliphatic carbocycles. The number of aliphatic hydroxyl groups is 1. The molecule has 0 aliphatic rings. The zero-order valence-corrected chi connectivity index (χ0v) is 11.3. The summed E-state index contributed by atoms with van der Waals surface area (Å²) in [5.74, 6) is -0.205. The van der Waals surface area contributed by atoms with Gasteiger partial charge in [-0.15, -0.1) is 11.6 Å². The van der Waals surface area contributed by atoms with Crippen LogP contribution in [0, 0.1) is 5.41 Å². The summed E-state index contributed by atoms with van der Waals surface area (Å²) in [4.78, 5) is 12.0. The fraction of sp³-hybridized carbons (Fsp3) is 0.500. The highest BCUT2D eigenvalue weighted by atomic mass is 35.5. The molecule has 0 bridgehead atoms. The molecule has 1 rings (SSSR count). The average molecular weight is 255 g/mol. The first-order valence-corrected chi connectivity index (χ1v) is 6.20. The molecular weight excluding hydrogens is 236 g/mol. The molecule has 0 saturated carbocycles. The van der Waals surface area contributed by atoms with Gasteiger partial charge in [0.1, 0.15) is 0 Å². The molecule has 0 radical (unpaired) electrons. The molecule has 1 aromatic carbocycles. The Kier molecular flexibility index (Phi) is 4.34. The Hall–Kier alpha value is -0.860. The summed E-state index contributed by atoms with van der Waals surface area (Å²) in [6.45, 7) is 5.07. The SMILES string of the molecule is CC(C)(O)C(C)(Cc1ccccc1)C(=O)CCl. The van der Waals surface area contributed by atoms with Gasteiger partial charge in [0.05, 0.1) is 16.9 Å². The lowest BCUT2D eigenvalue weighted by Crippen LogP contribution is -2.49. The topological polar surface area (TPSA) is 37.3 Å². The third kappa shape index (κ3) is 3.08. The number of Topliss-reactive ketones (excluding diaryl/α,β-unsaturated/α-hetero) is 1. The van der Waals surface area contributed by atoms with E-state index in [2.05, 4.69) is 0 Å². The van der Waals surface area contributed by atoms with Crippen molar-refractivity contribution in [3.63, 3.8) is 0 Å². The van der Waals surface area contributed by atoms with Gasteiger partial charge in [-0.25, -0.2) is 0 Å². The van der Waals surface area contributed by atoms with Crippen molar-refractivity contribution in [2.75, 3.05) is 5.88 Å². The summed E-state index contributed by atoms with van der Waals surface area (Å²) >= 11 is 5.65. The smallest absolute Gasteiger partial charge is 0.156 e. The van der Waals surface area contributed by atoms with Crippen molar-refractivity contribution in [1.29, 1.82) is 0 Å². The number of hydrogen-bond donors (Lipinski definition) is 1. The van der Waals surface area contributed by atoms with Crippen molar-refractivity contribution in [3.05, 3.63) is 35.9 Å². The predicted molar refractivity (Wildman–Crippen MR) is 70.3 cm³/mol. The van der Waals surface area contributed by atoms with E-state index in [0.29, 0.717) is 6.42 Å². The molecule has 2 nitrogen and oxygen atoms in total. The van der Waals surface area contributed by atoms with Crippen LogP contribution in [0.3, 0.4) is 0 Å². The highest BCUT2D eigenvalue weighted by molar-refractivity contribution is 6.28. The van der Waals surface area contributed by atoms with Gasteiger partial charge in [0.25, 0.3) is 0 Å². The van der Waals surface area contributed by atoms with Crippen molar-refractivity contribution in [3.8, 4) is 0 Å². The average Bonchev–Trinajstić information content (AvgIpc) is 2.27. The number of halogens is 1. The van der Waals surface area contributed by atoms with E-state index in [-0.39, 0.29) is 11.7 Å². The summed E-state index contributed by atoms with van der Waals surface area (Å²) in [6, 6.07) is 9.67. The minimum Gasteiger partial charge on any atom is -0.389 e. The van der Waals surface area contributed by atoms with Crippen molar-refractivity contribution < 1.29 is 9.90 Å². The molecule has 1 unspecified atom stereocenters. The molecule has 0 fully saturated rings. The standard InChI is InChI=1S/C14H19ClO2/c1-13(2,17)14(3,12(16)10-15)9-11-7-5-4-6-8-11/h4-8,17H,9-10H2,1-3H3. The number of benzene rings is 1. The number of alkyl halides is 1. The van der Waals surface area contributed by atoms with Crippen LogP contribution in [-0.4, -0.2) is 22.4 Å². The predicted octanol–water partition coefficient (Wildman–Crippen LogP) is 2.81. The van der Waals surface area contributed by atoms with Gasteiger partial charge in [0.2, 0.25) is 0 Å². The van der Waals surface area contributed by atoms with E-state index in [9.17, 15) is 9.90 Å². The molecule has 0 saturated heterocycles. The van der Waals surface area contributed by atoms with Gasteiger partial charge in [0.15, 0.2) is 5.78 Å². The maximum atomic E-state index is 12.0. The Labute approximate surface area is 108 Å². The zero-order valence-electron chi connectivity index (χ0n) is 10.5. The van der Waals surface area contributed by atoms with E-state index in [0.717, 1.165) is 5.56 Å². The molecule has 0 heterocycles. The van der Waals surface area contributed by atoms with Crippen molar-refractivity contribution in [2.24, 2.45) is 5.41 Å². The molecule has 17 heavy (non-hydrogen) atoms. The highest BCUT2D eigenvalue weighted by Crippen LogP contribution is 2.36. The zero-order chi connectivity index (χ0) is 13.1. The third-order valence-electron chi connectivity index (χ3n) is 3.49. The molecule has 94 valence electrons. The van der Waals surface area contributed by atoms with Crippen molar-refractivity contribution in [2.45, 2.75) is 32.8 Å². The van der Waals surface area contributed by atoms with Crippen LogP contribution in [0.1, 0.15) is 26.3 Å². The van der Waals surface area contributed by atoms with Gasteiger partial charge in [-0.1, -0.05) is 30.3 Å². The normalized spacial score (nSPS) is 15.4. The number of rotatable bonds is 5. The minimum absolute atomic E-state index is 0.0761. The van der Waals surface area contributed by atoms with E-state index in [1.54, 1.807) is 20.8 Å². The van der Waals surface area contributed by atoms with Crippen molar-refractivity contribution >= 4 is 17.4 Å². The van der Waals surface area contributed by atoms with Crippen LogP contribution in [0.15, 0.2) is 30.3 Å². The molecule has 1 aromatic rings. The van der Waals surface area contributed by atoms with Crippen LogP contribution in [-0.2, 0) is 11.2 Å². The molecular formula is C14H19ClO2. The Morgan fingerprint density at radius 2 is 1.76 bits per heavy atom. The molecule has 0 spiro atoms. The van der Waals surface area contributed by atoms with E-state index in [1.165, 1.54) is 0 Å². The summed E-state index contributed by atoms with van der Waals surface area (Å²) in [7, 11) is 0. The monoisotopic (exact) mass is 254 g/mol. The second-order valence-electron chi connectivity index (χ2n) is 5.11. The van der Waals surface area contributed by atoms with Gasteiger partial charge < -0.3 is 5.11 Å². The van der Waals surface area contributed by atoms with E-state index >= 15 is 0 Å². The summed E-state index contributed by atoms with van der Waals surface area (Å²) in [5, 5.41) is 10.2. The largest absolute Gasteiger partial charge is 0.389 e. The van der Waals surface area contributed by atoms with Gasteiger partial charge >= 0.3 is 0 Å². The Bertz CT molecular complexity index is 381. The molecule has 0 aromatic heterocycles. The van der Waals surface area contributed by atoms with Crippen LogP contribution in [0.5, 0.6) is 0 Å². The third-order valence-corrected chi connectivity index (χ3v) is 3.73. The van der Waals surface area contributed by atoms with Gasteiger partial charge in [0, 0.05) is 0 Å². The lowest BCUT2D eigenvalue weighted by molar-refractivity contribution is -0.139. The van der Waals surface area contributed by atoms with Crippen LogP contribution >= 0.6 is 11.6 Å². The minimum atomic E-state index is -1.10. The molecule has 3 heteroatoms. The van der Waals surface area contributed by atoms with E-state index < -0.39 is 11.0 Å². The molecule has 0 amide bonds. The maximum Gasteiger partial charge on any atom is 0.156 e. The number of carbonyl (C=O) groups excluding carboxylic acids is 1. The van der Waals surface area contributed by atoms with Crippen molar-refractivity contribution in [1.82, 2.24) is 0 Å². The van der Waals surface area contributed by atoms with Crippen LogP contribution in [0.4, 0.5) is 0 Å². The van der Waals surface area contributed by atoms with E-state index in [1.807, 2.05) is 30.3 Å². The Morgan fingerprint density at radius 1 is 1.24 bits per heavy atom. The summed E-state index contributed by atoms with van der Waals surface area (Å²) in [5.41, 5.74) is -0.944. The van der Waals surface area contributed by atoms with E-state index in [4.69, 9.17) is 11.6 Å². The maximum absolute atomic E-state index is 12.0. The van der Waals surface area contributed by atoms with Crippen LogP contribution < -0.4 is 0 Å². The first-order valence-electron chi connectivity index (χ1n) is 5.67. The fourth-order valence-corrected chi connectivity index (χ4v) is 2.10. The summed E-state index contributed by atoms with van der Waals surface area (Å²) < 4.78 is 0. The highest BCUT2D eigenvalue weighted by Gasteiger charge is 2.45. The molecule has 0 aliphatic heterocycles. The molecule has 1 atom stereocenters. The first-order chi connectivity index (χ1) is 7.81. The first kappa shape index (κ1) is 14.2. The second kappa shape index (κ2) is 5.19. The van der Waals surface area contributed by atoms with Crippen LogP contribution in [0.2, 0.25) is 0 Å². The quantitative estimate of drug-likeness (QED) is 0.821. The molecule has 1 N–H and O–H groups in total. The number of carbonyl (C=O) groups is 1. The number of hydrogen-bond acceptors (Lipinski definition) is 2. The number of ketones is 1. The van der Waals surface area contributed by atoms with Crippen LogP contribution in [0.25, 0.3) is 0 Å². The van der Waals surface area contributed by atoms with Gasteiger partial charge in [-0.3, -0.25) is 4.79 Å². The van der Waals surface area contributed by atoms with Gasteiger partial charge in [-0.05, 0) is 32.8 Å². The fourth-order valence-electron chi connectivity index (χ4n) is 1.81. The lowest BCUT2D eigenvalue weighted by Gasteiger charge is -2.39. The second-order valence-corrected chi connectivity index (χ2v) is 5.38. The van der Waals surface area contributed by atoms with Gasteiger partial charge in [-0.2, -0.15) is 0 Å². The Balaban J connectivity index is 3.05.